The molecule has 0 aliphatic heterocycles. The smallest absolute Gasteiger partial charge is 0.292 e. The molecule has 0 aliphatic carbocycles. The summed E-state index contributed by atoms with van der Waals surface area (Å²) in [5, 5.41) is 2.08. The van der Waals surface area contributed by atoms with E-state index in [0.717, 1.165) is 23.4 Å². The van der Waals surface area contributed by atoms with Crippen LogP contribution in [0.4, 0.5) is 0 Å². The monoisotopic (exact) mass is 254 g/mol. The van der Waals surface area contributed by atoms with Crippen LogP contribution in [0.5, 0.6) is 0 Å². The van der Waals surface area contributed by atoms with Crippen LogP contribution in [0.25, 0.3) is 0 Å². The Hall–Kier alpha value is -0.128. The van der Waals surface area contributed by atoms with Gasteiger partial charge in [-0.15, -0.1) is 0 Å². The summed E-state index contributed by atoms with van der Waals surface area (Å²) in [6.07, 6.45) is 2.83. The molecule has 0 N–H and O–H groups in total. The van der Waals surface area contributed by atoms with Crippen LogP contribution >= 0.6 is 0 Å². The Morgan fingerprint density at radius 2 is 1.24 bits per heavy atom. The number of carbonyl (C=O) groups excluding carboxylic acids is 2. The predicted octanol–water partition coefficient (Wildman–Crippen LogP) is 4.02. The number of Topliss-reactive ketones (excluding diaryl/α,β-unsaturated/α-hetero) is 2. The zero-order valence-corrected chi connectivity index (χ0v) is 13.3. The highest BCUT2D eigenvalue weighted by Crippen LogP contribution is 2.38. The van der Waals surface area contributed by atoms with Crippen LogP contribution in [0.15, 0.2) is 0 Å². The number of carbonyl (C=O) groups is 2. The summed E-state index contributed by atoms with van der Waals surface area (Å²) in [7, 11) is 0. The van der Waals surface area contributed by atoms with E-state index in [9.17, 15) is 9.59 Å². The Labute approximate surface area is 111 Å². The van der Waals surface area contributed by atoms with Gasteiger partial charge < -0.3 is 9.59 Å². The van der Waals surface area contributed by atoms with E-state index in [4.69, 9.17) is 0 Å². The normalized spacial score (nSPS) is 11.4. The molecule has 3 heteroatoms. The van der Waals surface area contributed by atoms with Crippen molar-refractivity contribution in [2.45, 2.75) is 75.1 Å². The highest BCUT2D eigenvalue weighted by molar-refractivity contribution is 6.72. The first-order valence-corrected chi connectivity index (χ1v) is 9.26. The van der Waals surface area contributed by atoms with Gasteiger partial charge in [0.2, 0.25) is 0 Å². The van der Waals surface area contributed by atoms with Crippen LogP contribution < -0.4 is 0 Å². The molecule has 0 heterocycles. The van der Waals surface area contributed by atoms with Crippen molar-refractivity contribution in [3.63, 3.8) is 0 Å². The highest BCUT2D eigenvalue weighted by Gasteiger charge is 2.47. The van der Waals surface area contributed by atoms with E-state index in [0.29, 0.717) is 12.8 Å². The second-order valence-corrected chi connectivity index (χ2v) is 9.24. The Morgan fingerprint density at radius 1 is 0.882 bits per heavy atom. The Kier molecular flexibility index (Phi) is 8.00. The van der Waals surface area contributed by atoms with Crippen molar-refractivity contribution < 1.29 is 9.59 Å². The van der Waals surface area contributed by atoms with Crippen molar-refractivity contribution in [1.29, 1.82) is 0 Å². The van der Waals surface area contributed by atoms with E-state index in [1.807, 2.05) is 20.8 Å². The van der Waals surface area contributed by atoms with Crippen molar-refractivity contribution in [1.82, 2.24) is 0 Å². The third kappa shape index (κ3) is 3.93. The van der Waals surface area contributed by atoms with Gasteiger partial charge in [-0.05, 0) is 12.8 Å². The summed E-state index contributed by atoms with van der Waals surface area (Å²) in [6, 6.07) is 0. The van der Waals surface area contributed by atoms with E-state index in [-0.39, 0.29) is 11.6 Å². The molecule has 0 atom stereocenters. The predicted molar refractivity (Wildman–Crippen MR) is 74.9 cm³/mol. The van der Waals surface area contributed by atoms with Gasteiger partial charge in [-0.2, -0.15) is 0 Å². The van der Waals surface area contributed by atoms with E-state index in [1.54, 1.807) is 0 Å². The summed E-state index contributed by atoms with van der Waals surface area (Å²) in [5.74, 6) is 0.414. The van der Waals surface area contributed by atoms with E-state index in [2.05, 4.69) is 13.8 Å². The lowest BCUT2D eigenvalue weighted by molar-refractivity contribution is -0.131. The van der Waals surface area contributed by atoms with Crippen molar-refractivity contribution >= 4 is 25.7 Å². The Balaban J connectivity index is 5.17. The first-order valence-electron chi connectivity index (χ1n) is 7.05. The molecule has 0 fully saturated rings. The minimum Gasteiger partial charge on any atom is -0.300 e. The highest BCUT2D eigenvalue weighted by atomic mass is 27.2. The van der Waals surface area contributed by atoms with Gasteiger partial charge in [-0.3, -0.25) is 0 Å². The Bertz CT molecular complexity index is 239. The maximum atomic E-state index is 12.4. The maximum Gasteiger partial charge on any atom is 0.292 e. The fourth-order valence-corrected chi connectivity index (χ4v) is 6.10. The van der Waals surface area contributed by atoms with Crippen LogP contribution in [-0.2, 0) is 9.59 Å². The van der Waals surface area contributed by atoms with Crippen molar-refractivity contribution in [3.8, 4) is 0 Å². The molecule has 0 unspecified atom stereocenters. The fourth-order valence-electron chi connectivity index (χ4n) is 2.69. The third-order valence-corrected chi connectivity index (χ3v) is 8.16. The molecule has 98 valence electrons. The maximum absolute atomic E-state index is 12.4. The second-order valence-electron chi connectivity index (χ2n) is 5.06. The van der Waals surface area contributed by atoms with Crippen molar-refractivity contribution in [2.75, 3.05) is 0 Å². The minimum absolute atomic E-state index is 0.207. The average molecular weight is 254 g/mol. The SMILES string of the molecule is CCCC(=O)[C](C)(C(=O)CCC)[Al]([CH2]C)[CH2]C. The average Bonchev–Trinajstić information content (AvgIpc) is 2.30. The summed E-state index contributed by atoms with van der Waals surface area (Å²) in [5.41, 5.74) is 0. The van der Waals surface area contributed by atoms with Gasteiger partial charge in [0, 0.05) is 17.1 Å². The number of hydrogen-bond donors (Lipinski definition) is 0. The van der Waals surface area contributed by atoms with E-state index in [1.165, 1.54) is 0 Å². The topological polar surface area (TPSA) is 34.1 Å². The number of ketones is 2. The zero-order valence-electron chi connectivity index (χ0n) is 12.1. The van der Waals surface area contributed by atoms with Gasteiger partial charge in [0.1, 0.15) is 11.6 Å². The molecule has 0 saturated heterocycles. The summed E-state index contributed by atoms with van der Waals surface area (Å²) in [4.78, 5) is 24.7. The quantitative estimate of drug-likeness (QED) is 0.460. The fraction of sp³-hybridized carbons (Fsp3) is 0.857. The zero-order chi connectivity index (χ0) is 13.5. The van der Waals surface area contributed by atoms with Crippen LogP contribution in [0.3, 0.4) is 0 Å². The first kappa shape index (κ1) is 16.9. The first-order chi connectivity index (χ1) is 7.98. The molecule has 0 rings (SSSR count). The molecular weight excluding hydrogens is 227 g/mol. The van der Waals surface area contributed by atoms with Gasteiger partial charge in [-0.1, -0.05) is 45.2 Å². The molecule has 17 heavy (non-hydrogen) atoms. The van der Waals surface area contributed by atoms with Gasteiger partial charge in [-0.25, -0.2) is 0 Å². The minimum atomic E-state index is -1.30. The second kappa shape index (κ2) is 8.06. The van der Waals surface area contributed by atoms with Gasteiger partial charge in [0.05, 0.1) is 0 Å². The molecule has 0 aromatic heterocycles. The summed E-state index contributed by atoms with van der Waals surface area (Å²) >= 11 is -1.30. The van der Waals surface area contributed by atoms with Crippen LogP contribution in [0.1, 0.15) is 60.3 Å². The lowest BCUT2D eigenvalue weighted by atomic mass is 9.94. The number of rotatable bonds is 9. The molecule has 0 aromatic carbocycles. The van der Waals surface area contributed by atoms with Gasteiger partial charge in [0.15, 0.2) is 0 Å². The van der Waals surface area contributed by atoms with Crippen LogP contribution in [-0.4, -0.2) is 25.7 Å². The molecule has 0 aromatic rings. The number of hydrogen-bond acceptors (Lipinski definition) is 2. The largest absolute Gasteiger partial charge is 0.300 e. The molecule has 0 spiro atoms. The van der Waals surface area contributed by atoms with Crippen LogP contribution in [0.2, 0.25) is 14.8 Å². The standard InChI is InChI=1S/C10H17O2.2C2H5.Al/c1-4-6-9(11)8(3)10(12)7-5-2;2*1-2;/h4-7H2,1-3H3;2*1H2,2H3;. The molecule has 0 aliphatic rings. The Morgan fingerprint density at radius 3 is 1.47 bits per heavy atom. The molecule has 0 saturated carbocycles. The van der Waals surface area contributed by atoms with Crippen molar-refractivity contribution in [3.05, 3.63) is 0 Å². The van der Waals surface area contributed by atoms with Gasteiger partial charge >= 0.3 is 0 Å². The van der Waals surface area contributed by atoms with Crippen LogP contribution in [0, 0.1) is 0 Å². The summed E-state index contributed by atoms with van der Waals surface area (Å²) < 4.78 is -0.602. The molecule has 0 bridgehead atoms. The van der Waals surface area contributed by atoms with Crippen molar-refractivity contribution in [2.24, 2.45) is 0 Å². The lowest BCUT2D eigenvalue weighted by Gasteiger charge is -2.31. The molecule has 0 amide bonds. The third-order valence-electron chi connectivity index (χ3n) is 3.91. The summed E-state index contributed by atoms with van der Waals surface area (Å²) in [6.45, 7) is 10.2. The van der Waals surface area contributed by atoms with E-state index < -0.39 is 18.4 Å². The molecule has 0 radical (unpaired) electrons. The molecule has 2 nitrogen and oxygen atoms in total. The van der Waals surface area contributed by atoms with Gasteiger partial charge in [0.25, 0.3) is 14.1 Å². The lowest BCUT2D eigenvalue weighted by Crippen LogP contribution is -2.42. The molecular formula is C14H27AlO2. The van der Waals surface area contributed by atoms with E-state index >= 15 is 0 Å².